The number of ether oxygens (including phenoxy) is 1. The fourth-order valence-corrected chi connectivity index (χ4v) is 2.68. The molecule has 22 heavy (non-hydrogen) atoms. The molecule has 1 heterocycles. The summed E-state index contributed by atoms with van der Waals surface area (Å²) >= 11 is 0. The van der Waals surface area contributed by atoms with Gasteiger partial charge in [0.2, 0.25) is 5.91 Å². The summed E-state index contributed by atoms with van der Waals surface area (Å²) in [6.07, 6.45) is 4.19. The fraction of sp³-hybridized carbons (Fsp3) is 0.562. The third-order valence-electron chi connectivity index (χ3n) is 3.85. The molecule has 0 bridgehead atoms. The first-order chi connectivity index (χ1) is 10.2. The average molecular weight is 331 g/mol. The number of rotatable bonds is 6. The lowest BCUT2D eigenvalue weighted by Crippen LogP contribution is -2.47. The summed E-state index contributed by atoms with van der Waals surface area (Å²) < 4.78 is 18.7. The molecule has 1 aliphatic rings. The Morgan fingerprint density at radius 2 is 2.14 bits per heavy atom. The van der Waals surface area contributed by atoms with E-state index in [0.29, 0.717) is 26.0 Å². The number of likely N-dealkylation sites (tertiary alicyclic amines) is 1. The Morgan fingerprint density at radius 3 is 2.86 bits per heavy atom. The number of carbonyl (C=O) groups excluding carboxylic acids is 1. The number of halogens is 2. The molecule has 0 radical (unpaired) electrons. The van der Waals surface area contributed by atoms with E-state index in [4.69, 9.17) is 10.5 Å². The molecule has 1 aromatic carbocycles. The molecular weight excluding hydrogens is 307 g/mol. The maximum absolute atomic E-state index is 13.3. The van der Waals surface area contributed by atoms with Crippen LogP contribution < -0.4 is 10.5 Å². The highest BCUT2D eigenvalue weighted by atomic mass is 35.5. The number of benzene rings is 1. The summed E-state index contributed by atoms with van der Waals surface area (Å²) in [6, 6.07) is 6.48. The summed E-state index contributed by atoms with van der Waals surface area (Å²) in [5, 5.41) is 0. The summed E-state index contributed by atoms with van der Waals surface area (Å²) in [7, 11) is 0. The summed E-state index contributed by atoms with van der Waals surface area (Å²) in [5.41, 5.74) is 5.72. The molecule has 6 heteroatoms. The van der Waals surface area contributed by atoms with E-state index in [2.05, 4.69) is 0 Å². The molecular formula is C16H24ClFN2O2. The smallest absolute Gasteiger partial charge is 0.222 e. The molecule has 124 valence electrons. The SMILES string of the molecule is Cl.NCC1CCCCN1C(=O)CCCOc1ccccc1F. The van der Waals surface area contributed by atoms with Gasteiger partial charge in [-0.05, 0) is 37.8 Å². The van der Waals surface area contributed by atoms with Crippen molar-refractivity contribution in [1.82, 2.24) is 4.90 Å². The van der Waals surface area contributed by atoms with Gasteiger partial charge in [-0.25, -0.2) is 4.39 Å². The monoisotopic (exact) mass is 330 g/mol. The van der Waals surface area contributed by atoms with Crippen LogP contribution in [0.1, 0.15) is 32.1 Å². The Bertz CT molecular complexity index is 473. The highest BCUT2D eigenvalue weighted by Gasteiger charge is 2.24. The van der Waals surface area contributed by atoms with E-state index in [1.54, 1.807) is 18.2 Å². The number of hydrogen-bond acceptors (Lipinski definition) is 3. The summed E-state index contributed by atoms with van der Waals surface area (Å²) in [5.74, 6) is -0.00640. The maximum Gasteiger partial charge on any atom is 0.222 e. The first kappa shape index (κ1) is 18.7. The van der Waals surface area contributed by atoms with E-state index in [1.807, 2.05) is 4.90 Å². The number of piperidine rings is 1. The van der Waals surface area contributed by atoms with Gasteiger partial charge in [0, 0.05) is 25.6 Å². The fourth-order valence-electron chi connectivity index (χ4n) is 2.68. The van der Waals surface area contributed by atoms with Crippen LogP contribution in [0.3, 0.4) is 0 Å². The van der Waals surface area contributed by atoms with Gasteiger partial charge in [-0.1, -0.05) is 12.1 Å². The Morgan fingerprint density at radius 1 is 1.36 bits per heavy atom. The minimum absolute atomic E-state index is 0. The third-order valence-corrected chi connectivity index (χ3v) is 3.85. The van der Waals surface area contributed by atoms with Gasteiger partial charge in [-0.3, -0.25) is 4.79 Å². The van der Waals surface area contributed by atoms with Gasteiger partial charge < -0.3 is 15.4 Å². The Hall–Kier alpha value is -1.33. The molecule has 0 spiro atoms. The van der Waals surface area contributed by atoms with Gasteiger partial charge in [0.05, 0.1) is 6.61 Å². The van der Waals surface area contributed by atoms with Crippen molar-refractivity contribution in [3.63, 3.8) is 0 Å². The Kier molecular flexibility index (Phi) is 8.20. The van der Waals surface area contributed by atoms with Gasteiger partial charge in [0.15, 0.2) is 11.6 Å². The Labute approximate surface area is 137 Å². The van der Waals surface area contributed by atoms with Gasteiger partial charge in [0.1, 0.15) is 0 Å². The zero-order valence-corrected chi connectivity index (χ0v) is 13.5. The van der Waals surface area contributed by atoms with Gasteiger partial charge >= 0.3 is 0 Å². The number of amides is 1. The molecule has 0 aliphatic carbocycles. The lowest BCUT2D eigenvalue weighted by atomic mass is 10.0. The topological polar surface area (TPSA) is 55.6 Å². The van der Waals surface area contributed by atoms with Crippen molar-refractivity contribution in [1.29, 1.82) is 0 Å². The van der Waals surface area contributed by atoms with Crippen molar-refractivity contribution in [2.24, 2.45) is 5.73 Å². The molecule has 1 amide bonds. The van der Waals surface area contributed by atoms with E-state index in [0.717, 1.165) is 25.8 Å². The highest BCUT2D eigenvalue weighted by Crippen LogP contribution is 2.18. The molecule has 1 aromatic rings. The number of hydrogen-bond donors (Lipinski definition) is 1. The molecule has 1 saturated heterocycles. The highest BCUT2D eigenvalue weighted by molar-refractivity contribution is 5.85. The van der Waals surface area contributed by atoms with E-state index < -0.39 is 0 Å². The van der Waals surface area contributed by atoms with Crippen LogP contribution in [0.25, 0.3) is 0 Å². The molecule has 1 fully saturated rings. The van der Waals surface area contributed by atoms with Crippen LogP contribution >= 0.6 is 12.4 Å². The summed E-state index contributed by atoms with van der Waals surface area (Å²) in [4.78, 5) is 14.1. The van der Waals surface area contributed by atoms with Crippen molar-refractivity contribution in [3.05, 3.63) is 30.1 Å². The zero-order chi connectivity index (χ0) is 15.1. The van der Waals surface area contributed by atoms with Crippen LogP contribution in [0.4, 0.5) is 4.39 Å². The number of nitrogens with two attached hydrogens (primary N) is 1. The lowest BCUT2D eigenvalue weighted by molar-refractivity contribution is -0.134. The van der Waals surface area contributed by atoms with Crippen LogP contribution in [0, 0.1) is 5.82 Å². The van der Waals surface area contributed by atoms with Crippen LogP contribution in [-0.2, 0) is 4.79 Å². The van der Waals surface area contributed by atoms with E-state index in [9.17, 15) is 9.18 Å². The normalized spacial score (nSPS) is 17.7. The minimum atomic E-state index is -0.372. The van der Waals surface area contributed by atoms with Crippen LogP contribution in [0.15, 0.2) is 24.3 Å². The molecule has 1 aliphatic heterocycles. The van der Waals surface area contributed by atoms with Crippen molar-refractivity contribution in [2.45, 2.75) is 38.1 Å². The molecule has 4 nitrogen and oxygen atoms in total. The predicted molar refractivity (Wildman–Crippen MR) is 86.8 cm³/mol. The molecule has 2 N–H and O–H groups in total. The zero-order valence-electron chi connectivity index (χ0n) is 12.7. The average Bonchev–Trinajstić information content (AvgIpc) is 2.52. The maximum atomic E-state index is 13.3. The second-order valence-corrected chi connectivity index (χ2v) is 5.35. The first-order valence-corrected chi connectivity index (χ1v) is 7.59. The number of para-hydroxylation sites is 1. The molecule has 1 atom stereocenters. The molecule has 2 rings (SSSR count). The third kappa shape index (κ3) is 5.14. The quantitative estimate of drug-likeness (QED) is 0.816. The summed E-state index contributed by atoms with van der Waals surface area (Å²) in [6.45, 7) is 1.67. The largest absolute Gasteiger partial charge is 0.491 e. The van der Waals surface area contributed by atoms with E-state index in [-0.39, 0.29) is 35.9 Å². The lowest BCUT2D eigenvalue weighted by Gasteiger charge is -2.35. The van der Waals surface area contributed by atoms with E-state index in [1.165, 1.54) is 6.07 Å². The van der Waals surface area contributed by atoms with Gasteiger partial charge in [-0.2, -0.15) is 0 Å². The standard InChI is InChI=1S/C16H23FN2O2.ClH/c17-14-7-1-2-8-15(14)21-11-5-9-16(20)19-10-4-3-6-13(19)12-18;/h1-2,7-8,13H,3-6,9-12,18H2;1H. The number of carbonyl (C=O) groups is 1. The van der Waals surface area contributed by atoms with Crippen molar-refractivity contribution in [3.8, 4) is 5.75 Å². The second-order valence-electron chi connectivity index (χ2n) is 5.35. The van der Waals surface area contributed by atoms with Crippen LogP contribution in [-0.4, -0.2) is 36.5 Å². The van der Waals surface area contributed by atoms with Crippen molar-refractivity contribution in [2.75, 3.05) is 19.7 Å². The van der Waals surface area contributed by atoms with Crippen LogP contribution in [0.5, 0.6) is 5.75 Å². The van der Waals surface area contributed by atoms with Gasteiger partial charge in [0.25, 0.3) is 0 Å². The van der Waals surface area contributed by atoms with Crippen molar-refractivity contribution >= 4 is 18.3 Å². The molecule has 0 saturated carbocycles. The van der Waals surface area contributed by atoms with Crippen molar-refractivity contribution < 1.29 is 13.9 Å². The van der Waals surface area contributed by atoms with E-state index >= 15 is 0 Å². The second kappa shape index (κ2) is 9.64. The van der Waals surface area contributed by atoms with Gasteiger partial charge in [-0.15, -0.1) is 12.4 Å². The Balaban J connectivity index is 0.00000242. The predicted octanol–water partition coefficient (Wildman–Crippen LogP) is 2.75. The first-order valence-electron chi connectivity index (χ1n) is 7.59. The molecule has 1 unspecified atom stereocenters. The van der Waals surface area contributed by atoms with Crippen LogP contribution in [0.2, 0.25) is 0 Å². The number of nitrogens with zero attached hydrogens (tertiary/aromatic N) is 1. The minimum Gasteiger partial charge on any atom is -0.491 e. The molecule has 0 aromatic heterocycles.